The Morgan fingerprint density at radius 2 is 1.77 bits per heavy atom. The van der Waals surface area contributed by atoms with Gasteiger partial charge in [0, 0.05) is 22.3 Å². The Hall–Kier alpha value is -2.51. The molecule has 0 spiro atoms. The third kappa shape index (κ3) is 4.00. The summed E-state index contributed by atoms with van der Waals surface area (Å²) in [5.74, 6) is -0.389. The predicted molar refractivity (Wildman–Crippen MR) is 105 cm³/mol. The molecule has 134 valence electrons. The first-order valence-electron chi connectivity index (χ1n) is 7.90. The van der Waals surface area contributed by atoms with E-state index in [0.29, 0.717) is 5.13 Å². The largest absolute Gasteiger partial charge is 0.298 e. The maximum absolute atomic E-state index is 12.5. The summed E-state index contributed by atoms with van der Waals surface area (Å²) in [6, 6.07) is 14.0. The average Bonchev–Trinajstić information content (AvgIpc) is 2.95. The molecule has 0 aliphatic heterocycles. The molecule has 0 bridgehead atoms. The Morgan fingerprint density at radius 3 is 2.42 bits per heavy atom. The van der Waals surface area contributed by atoms with Gasteiger partial charge in [-0.25, -0.2) is 13.4 Å². The van der Waals surface area contributed by atoms with Crippen molar-refractivity contribution >= 4 is 32.2 Å². The van der Waals surface area contributed by atoms with Crippen LogP contribution in [0.15, 0.2) is 53.4 Å². The second-order valence-corrected chi connectivity index (χ2v) is 9.26. The van der Waals surface area contributed by atoms with Gasteiger partial charge in [0.25, 0.3) is 5.91 Å². The first-order valence-corrected chi connectivity index (χ1v) is 10.6. The Morgan fingerprint density at radius 1 is 1.08 bits per heavy atom. The fourth-order valence-electron chi connectivity index (χ4n) is 2.47. The minimum atomic E-state index is -3.37. The van der Waals surface area contributed by atoms with Crippen LogP contribution in [0.25, 0.3) is 11.3 Å². The first kappa shape index (κ1) is 18.3. The lowest BCUT2D eigenvalue weighted by Crippen LogP contribution is -2.12. The number of sulfone groups is 1. The van der Waals surface area contributed by atoms with Crippen LogP contribution in [0.2, 0.25) is 0 Å². The Balaban J connectivity index is 1.85. The van der Waals surface area contributed by atoms with Crippen molar-refractivity contribution in [2.45, 2.75) is 18.7 Å². The van der Waals surface area contributed by atoms with E-state index in [2.05, 4.69) is 10.3 Å². The normalized spacial score (nSPS) is 11.3. The standard InChI is InChI=1S/C19H18N2O3S2/c1-12-7-9-14(10-8-12)17-13(2)25-19(20-17)21-18(22)15-5-4-6-16(11-15)26(3,23)24/h4-11H,1-3H3,(H,20,21,22). The lowest BCUT2D eigenvalue weighted by Gasteiger charge is -2.04. The van der Waals surface area contributed by atoms with E-state index < -0.39 is 9.84 Å². The SMILES string of the molecule is Cc1ccc(-c2nc(NC(=O)c3cccc(S(C)(=O)=O)c3)sc2C)cc1. The first-order chi connectivity index (χ1) is 12.2. The zero-order chi connectivity index (χ0) is 18.9. The van der Waals surface area contributed by atoms with Crippen LogP contribution in [0.5, 0.6) is 0 Å². The highest BCUT2D eigenvalue weighted by Crippen LogP contribution is 2.30. The summed E-state index contributed by atoms with van der Waals surface area (Å²) in [5.41, 5.74) is 3.26. The van der Waals surface area contributed by atoms with Gasteiger partial charge in [0.05, 0.1) is 10.6 Å². The molecular formula is C19H18N2O3S2. The second-order valence-electron chi connectivity index (χ2n) is 6.04. The molecule has 1 aromatic heterocycles. The van der Waals surface area contributed by atoms with Gasteiger partial charge in [-0.3, -0.25) is 10.1 Å². The highest BCUT2D eigenvalue weighted by molar-refractivity contribution is 7.90. The van der Waals surface area contributed by atoms with Crippen molar-refractivity contribution in [3.8, 4) is 11.3 Å². The van der Waals surface area contributed by atoms with Crippen LogP contribution in [-0.2, 0) is 9.84 Å². The van der Waals surface area contributed by atoms with Gasteiger partial charge in [0.15, 0.2) is 15.0 Å². The molecule has 1 amide bonds. The van der Waals surface area contributed by atoms with Crippen molar-refractivity contribution in [3.63, 3.8) is 0 Å². The highest BCUT2D eigenvalue weighted by atomic mass is 32.2. The van der Waals surface area contributed by atoms with E-state index in [1.807, 2.05) is 38.1 Å². The zero-order valence-electron chi connectivity index (χ0n) is 14.6. The zero-order valence-corrected chi connectivity index (χ0v) is 16.2. The summed E-state index contributed by atoms with van der Waals surface area (Å²) < 4.78 is 23.3. The number of anilines is 1. The number of carbonyl (C=O) groups is 1. The molecule has 7 heteroatoms. The van der Waals surface area contributed by atoms with E-state index in [0.717, 1.165) is 22.4 Å². The minimum absolute atomic E-state index is 0.112. The third-order valence-corrected chi connectivity index (χ3v) is 5.86. The molecule has 3 rings (SSSR count). The summed E-state index contributed by atoms with van der Waals surface area (Å²) >= 11 is 1.38. The number of amides is 1. The molecule has 1 heterocycles. The number of hydrogen-bond acceptors (Lipinski definition) is 5. The van der Waals surface area contributed by atoms with E-state index in [1.165, 1.54) is 29.0 Å². The van der Waals surface area contributed by atoms with Crippen molar-refractivity contribution in [1.29, 1.82) is 0 Å². The molecule has 5 nitrogen and oxygen atoms in total. The van der Waals surface area contributed by atoms with Crippen LogP contribution >= 0.6 is 11.3 Å². The van der Waals surface area contributed by atoms with E-state index in [1.54, 1.807) is 12.1 Å². The molecule has 0 aliphatic rings. The van der Waals surface area contributed by atoms with Crippen LogP contribution < -0.4 is 5.32 Å². The van der Waals surface area contributed by atoms with Crippen molar-refractivity contribution in [2.75, 3.05) is 11.6 Å². The number of carbonyl (C=O) groups excluding carboxylic acids is 1. The molecule has 1 N–H and O–H groups in total. The average molecular weight is 386 g/mol. The van der Waals surface area contributed by atoms with Crippen molar-refractivity contribution in [1.82, 2.24) is 4.98 Å². The van der Waals surface area contributed by atoms with Gasteiger partial charge in [-0.15, -0.1) is 11.3 Å². The Labute approximate surface area is 156 Å². The fraction of sp³-hybridized carbons (Fsp3) is 0.158. The minimum Gasteiger partial charge on any atom is -0.298 e. The number of rotatable bonds is 4. The Bertz CT molecular complexity index is 1070. The lowest BCUT2D eigenvalue weighted by atomic mass is 10.1. The smallest absolute Gasteiger partial charge is 0.257 e. The van der Waals surface area contributed by atoms with Gasteiger partial charge in [0.1, 0.15) is 0 Å². The molecular weight excluding hydrogens is 368 g/mol. The lowest BCUT2D eigenvalue weighted by molar-refractivity contribution is 0.102. The predicted octanol–water partition coefficient (Wildman–Crippen LogP) is 4.08. The number of nitrogens with zero attached hydrogens (tertiary/aromatic N) is 1. The third-order valence-electron chi connectivity index (χ3n) is 3.87. The number of thiazole rings is 1. The monoisotopic (exact) mass is 386 g/mol. The fourth-order valence-corrected chi connectivity index (χ4v) is 3.96. The van der Waals surface area contributed by atoms with E-state index >= 15 is 0 Å². The van der Waals surface area contributed by atoms with Crippen molar-refractivity contribution in [3.05, 3.63) is 64.5 Å². The molecule has 2 aromatic carbocycles. The summed E-state index contributed by atoms with van der Waals surface area (Å²) in [4.78, 5) is 18.1. The number of aryl methyl sites for hydroxylation is 2. The van der Waals surface area contributed by atoms with Gasteiger partial charge in [-0.2, -0.15) is 0 Å². The maximum atomic E-state index is 12.5. The summed E-state index contributed by atoms with van der Waals surface area (Å²) in [6.45, 7) is 3.97. The number of hydrogen-bond donors (Lipinski definition) is 1. The van der Waals surface area contributed by atoms with Gasteiger partial charge in [-0.05, 0) is 32.0 Å². The molecule has 0 atom stereocenters. The number of benzene rings is 2. The molecule has 0 aliphatic carbocycles. The highest BCUT2D eigenvalue weighted by Gasteiger charge is 2.15. The van der Waals surface area contributed by atoms with Crippen LogP contribution in [0.1, 0.15) is 20.8 Å². The van der Waals surface area contributed by atoms with Gasteiger partial charge in [0.2, 0.25) is 0 Å². The number of aromatic nitrogens is 1. The molecule has 0 radical (unpaired) electrons. The molecule has 0 saturated heterocycles. The number of nitrogens with one attached hydrogen (secondary N) is 1. The van der Waals surface area contributed by atoms with Crippen LogP contribution in [0, 0.1) is 13.8 Å². The van der Waals surface area contributed by atoms with Crippen molar-refractivity contribution < 1.29 is 13.2 Å². The van der Waals surface area contributed by atoms with Gasteiger partial charge < -0.3 is 0 Å². The van der Waals surface area contributed by atoms with Crippen LogP contribution in [0.3, 0.4) is 0 Å². The van der Waals surface area contributed by atoms with E-state index in [9.17, 15) is 13.2 Å². The Kier molecular flexibility index (Phi) is 4.93. The summed E-state index contributed by atoms with van der Waals surface area (Å²) in [6.07, 6.45) is 1.11. The van der Waals surface area contributed by atoms with Crippen LogP contribution in [-0.4, -0.2) is 25.6 Å². The van der Waals surface area contributed by atoms with Gasteiger partial charge >= 0.3 is 0 Å². The molecule has 3 aromatic rings. The van der Waals surface area contributed by atoms with Gasteiger partial charge in [-0.1, -0.05) is 35.9 Å². The second kappa shape index (κ2) is 7.01. The summed E-state index contributed by atoms with van der Waals surface area (Å²) in [7, 11) is -3.37. The quantitative estimate of drug-likeness (QED) is 0.733. The van der Waals surface area contributed by atoms with E-state index in [4.69, 9.17) is 0 Å². The summed E-state index contributed by atoms with van der Waals surface area (Å²) in [5, 5.41) is 3.23. The molecule has 0 fully saturated rings. The topological polar surface area (TPSA) is 76.1 Å². The molecule has 0 saturated carbocycles. The molecule has 26 heavy (non-hydrogen) atoms. The van der Waals surface area contributed by atoms with Crippen LogP contribution in [0.4, 0.5) is 5.13 Å². The van der Waals surface area contributed by atoms with E-state index in [-0.39, 0.29) is 16.4 Å². The van der Waals surface area contributed by atoms with Crippen molar-refractivity contribution in [2.24, 2.45) is 0 Å². The maximum Gasteiger partial charge on any atom is 0.257 e. The molecule has 0 unspecified atom stereocenters.